The Hall–Kier alpha value is -0.960. The molecule has 1 aliphatic rings. The third kappa shape index (κ3) is 2.21. The highest BCUT2D eigenvalue weighted by Crippen LogP contribution is 2.35. The first kappa shape index (κ1) is 12.5. The van der Waals surface area contributed by atoms with E-state index in [9.17, 15) is 0 Å². The van der Waals surface area contributed by atoms with E-state index < -0.39 is 0 Å². The van der Waals surface area contributed by atoms with Gasteiger partial charge in [0.15, 0.2) is 0 Å². The van der Waals surface area contributed by atoms with Crippen molar-refractivity contribution in [1.29, 1.82) is 0 Å². The van der Waals surface area contributed by atoms with Gasteiger partial charge < -0.3 is 4.74 Å². The second-order valence-electron chi connectivity index (χ2n) is 6.85. The summed E-state index contributed by atoms with van der Waals surface area (Å²) in [6, 6.07) is 0. The first-order chi connectivity index (χ1) is 7.71. The minimum Gasteiger partial charge on any atom is -0.372 e. The maximum Gasteiger partial charge on any atom is 0.0744 e. The van der Waals surface area contributed by atoms with Crippen LogP contribution in [0.1, 0.15) is 64.1 Å². The molecule has 1 aliphatic heterocycles. The molecule has 0 radical (unpaired) electrons. The van der Waals surface area contributed by atoms with Crippen LogP contribution in [-0.4, -0.2) is 10.2 Å². The lowest BCUT2D eigenvalue weighted by Crippen LogP contribution is -2.23. The molecule has 0 unspecified atom stereocenters. The molecule has 0 N–H and O–H groups in total. The summed E-state index contributed by atoms with van der Waals surface area (Å²) in [6.07, 6.45) is 0. The van der Waals surface area contributed by atoms with Gasteiger partial charge in [-0.1, -0.05) is 41.5 Å². The van der Waals surface area contributed by atoms with Crippen molar-refractivity contribution in [1.82, 2.24) is 10.2 Å². The van der Waals surface area contributed by atoms with Crippen LogP contribution < -0.4 is 0 Å². The van der Waals surface area contributed by atoms with Gasteiger partial charge in [-0.15, -0.1) is 0 Å². The van der Waals surface area contributed by atoms with Crippen molar-refractivity contribution in [2.75, 3.05) is 0 Å². The number of fused-ring (bicyclic) bond motifs is 1. The van der Waals surface area contributed by atoms with Crippen molar-refractivity contribution < 1.29 is 4.74 Å². The van der Waals surface area contributed by atoms with Crippen molar-refractivity contribution >= 4 is 0 Å². The largest absolute Gasteiger partial charge is 0.372 e. The summed E-state index contributed by atoms with van der Waals surface area (Å²) < 4.78 is 5.61. The van der Waals surface area contributed by atoms with E-state index in [4.69, 9.17) is 4.74 Å². The molecule has 1 aromatic heterocycles. The molecule has 0 spiro atoms. The van der Waals surface area contributed by atoms with Crippen LogP contribution in [0.5, 0.6) is 0 Å². The Morgan fingerprint density at radius 1 is 0.765 bits per heavy atom. The van der Waals surface area contributed by atoms with Crippen molar-refractivity contribution in [2.24, 2.45) is 0 Å². The molecular formula is C14H22N2O. The average Bonchev–Trinajstić information content (AvgIpc) is 2.60. The fourth-order valence-corrected chi connectivity index (χ4v) is 2.28. The standard InChI is InChI=1S/C14H22N2O/c1-13(2,3)11-9-7-17-8-10(9)12(16-15-11)14(4,5)6/h7-8H2,1-6H3. The van der Waals surface area contributed by atoms with Crippen molar-refractivity contribution in [2.45, 2.75) is 65.6 Å². The summed E-state index contributed by atoms with van der Waals surface area (Å²) in [5.74, 6) is 0. The number of hydrogen-bond acceptors (Lipinski definition) is 3. The molecule has 17 heavy (non-hydrogen) atoms. The fraction of sp³-hybridized carbons (Fsp3) is 0.714. The molecule has 3 nitrogen and oxygen atoms in total. The zero-order valence-corrected chi connectivity index (χ0v) is 11.7. The van der Waals surface area contributed by atoms with E-state index in [0.717, 1.165) is 11.4 Å². The van der Waals surface area contributed by atoms with Gasteiger partial charge in [-0.05, 0) is 0 Å². The molecule has 0 bridgehead atoms. The zero-order chi connectivity index (χ0) is 12.8. The predicted octanol–water partition coefficient (Wildman–Crippen LogP) is 3.10. The Balaban J connectivity index is 2.62. The van der Waals surface area contributed by atoms with Crippen molar-refractivity contribution in [3.05, 3.63) is 22.5 Å². The molecule has 0 fully saturated rings. The first-order valence-electron chi connectivity index (χ1n) is 6.18. The molecule has 0 saturated carbocycles. The topological polar surface area (TPSA) is 35.0 Å². The van der Waals surface area contributed by atoms with Crippen LogP contribution in [-0.2, 0) is 28.8 Å². The third-order valence-electron chi connectivity index (χ3n) is 3.10. The van der Waals surface area contributed by atoms with Crippen LogP contribution in [0.3, 0.4) is 0 Å². The Morgan fingerprint density at radius 3 is 1.41 bits per heavy atom. The van der Waals surface area contributed by atoms with Crippen molar-refractivity contribution in [3.8, 4) is 0 Å². The van der Waals surface area contributed by atoms with E-state index in [-0.39, 0.29) is 10.8 Å². The van der Waals surface area contributed by atoms with Gasteiger partial charge in [0, 0.05) is 22.0 Å². The number of hydrogen-bond donors (Lipinski definition) is 0. The minimum atomic E-state index is 0.0290. The molecule has 0 saturated heterocycles. The smallest absolute Gasteiger partial charge is 0.0744 e. The summed E-state index contributed by atoms with van der Waals surface area (Å²) in [5.41, 5.74) is 4.74. The van der Waals surface area contributed by atoms with Gasteiger partial charge >= 0.3 is 0 Å². The van der Waals surface area contributed by atoms with Crippen LogP contribution in [0.25, 0.3) is 0 Å². The van der Waals surface area contributed by atoms with Gasteiger partial charge in [0.05, 0.1) is 24.6 Å². The monoisotopic (exact) mass is 234 g/mol. The highest BCUT2D eigenvalue weighted by molar-refractivity contribution is 5.39. The molecule has 2 rings (SSSR count). The van der Waals surface area contributed by atoms with Gasteiger partial charge in [-0.25, -0.2) is 0 Å². The second kappa shape index (κ2) is 3.77. The first-order valence-corrected chi connectivity index (χ1v) is 6.18. The molecule has 0 aromatic carbocycles. The van der Waals surface area contributed by atoms with Crippen LogP contribution >= 0.6 is 0 Å². The van der Waals surface area contributed by atoms with E-state index in [1.165, 1.54) is 11.1 Å². The van der Waals surface area contributed by atoms with Gasteiger partial charge in [0.25, 0.3) is 0 Å². The maximum atomic E-state index is 5.61. The Labute approximate surface area is 104 Å². The van der Waals surface area contributed by atoms with Gasteiger partial charge in [-0.3, -0.25) is 0 Å². The quantitative estimate of drug-likeness (QED) is 0.692. The normalized spacial score (nSPS) is 16.1. The third-order valence-corrected chi connectivity index (χ3v) is 3.10. The van der Waals surface area contributed by atoms with Crippen LogP contribution in [0.2, 0.25) is 0 Å². The average molecular weight is 234 g/mol. The fourth-order valence-electron chi connectivity index (χ4n) is 2.28. The summed E-state index contributed by atoms with van der Waals surface area (Å²) in [6.45, 7) is 14.4. The lowest BCUT2D eigenvalue weighted by atomic mass is 9.83. The number of ether oxygens (including phenoxy) is 1. The summed E-state index contributed by atoms with van der Waals surface area (Å²) in [7, 11) is 0. The minimum absolute atomic E-state index is 0.0290. The molecule has 0 atom stereocenters. The summed E-state index contributed by atoms with van der Waals surface area (Å²) in [5, 5.41) is 8.92. The Bertz CT molecular complexity index is 398. The molecular weight excluding hydrogens is 212 g/mol. The maximum absolute atomic E-state index is 5.61. The lowest BCUT2D eigenvalue weighted by Gasteiger charge is -2.24. The lowest BCUT2D eigenvalue weighted by molar-refractivity contribution is 0.133. The molecule has 0 amide bonds. The van der Waals surface area contributed by atoms with E-state index in [1.807, 2.05) is 0 Å². The van der Waals surface area contributed by atoms with E-state index in [0.29, 0.717) is 13.2 Å². The number of rotatable bonds is 0. The summed E-state index contributed by atoms with van der Waals surface area (Å²) >= 11 is 0. The molecule has 1 aromatic rings. The highest BCUT2D eigenvalue weighted by Gasteiger charge is 2.31. The Kier molecular flexibility index (Phi) is 2.77. The SMILES string of the molecule is CC(C)(C)c1nnc(C(C)(C)C)c2c1COC2. The van der Waals surface area contributed by atoms with E-state index in [1.54, 1.807) is 0 Å². The van der Waals surface area contributed by atoms with Gasteiger partial charge in [-0.2, -0.15) is 10.2 Å². The van der Waals surface area contributed by atoms with Crippen LogP contribution in [0.4, 0.5) is 0 Å². The van der Waals surface area contributed by atoms with Crippen molar-refractivity contribution in [3.63, 3.8) is 0 Å². The van der Waals surface area contributed by atoms with Gasteiger partial charge in [0.1, 0.15) is 0 Å². The predicted molar refractivity (Wildman–Crippen MR) is 67.9 cm³/mol. The molecule has 94 valence electrons. The van der Waals surface area contributed by atoms with E-state index >= 15 is 0 Å². The number of nitrogens with zero attached hydrogens (tertiary/aromatic N) is 2. The highest BCUT2D eigenvalue weighted by atomic mass is 16.5. The Morgan fingerprint density at radius 2 is 1.12 bits per heavy atom. The molecule has 0 aliphatic carbocycles. The van der Waals surface area contributed by atoms with E-state index in [2.05, 4.69) is 51.7 Å². The molecule has 2 heterocycles. The van der Waals surface area contributed by atoms with Crippen LogP contribution in [0.15, 0.2) is 0 Å². The second-order valence-corrected chi connectivity index (χ2v) is 6.85. The molecule has 3 heteroatoms. The van der Waals surface area contributed by atoms with Gasteiger partial charge in [0.2, 0.25) is 0 Å². The zero-order valence-electron chi connectivity index (χ0n) is 11.7. The van der Waals surface area contributed by atoms with Crippen LogP contribution in [0, 0.1) is 0 Å². The number of aromatic nitrogens is 2. The summed E-state index contributed by atoms with van der Waals surface area (Å²) in [4.78, 5) is 0.